The molecule has 0 aliphatic rings. The van der Waals surface area contributed by atoms with E-state index in [1.807, 2.05) is 0 Å². The van der Waals surface area contributed by atoms with E-state index in [9.17, 15) is 8.42 Å². The van der Waals surface area contributed by atoms with E-state index in [-0.39, 0.29) is 5.09 Å². The summed E-state index contributed by atoms with van der Waals surface area (Å²) < 4.78 is 31.0. The zero-order valence-electron chi connectivity index (χ0n) is 11.3. The van der Waals surface area contributed by atoms with Crippen molar-refractivity contribution in [3.8, 4) is 0 Å². The van der Waals surface area contributed by atoms with Gasteiger partial charge in [-0.05, 0) is 25.6 Å². The third-order valence-electron chi connectivity index (χ3n) is 2.73. The number of rotatable bonds is 8. The summed E-state index contributed by atoms with van der Waals surface area (Å²) in [4.78, 5) is 0. The Morgan fingerprint density at radius 2 is 2.06 bits per heavy atom. The topological polar surface area (TPSA) is 62.6 Å². The van der Waals surface area contributed by atoms with Crippen LogP contribution in [0, 0.1) is 0 Å². The lowest BCUT2D eigenvalue weighted by Crippen LogP contribution is -2.27. The van der Waals surface area contributed by atoms with Gasteiger partial charge in [0.1, 0.15) is 5.76 Å². The van der Waals surface area contributed by atoms with Gasteiger partial charge in [0, 0.05) is 13.6 Å². The van der Waals surface area contributed by atoms with Gasteiger partial charge in [-0.15, -0.1) is 0 Å². The van der Waals surface area contributed by atoms with Crippen LogP contribution in [0.2, 0.25) is 0 Å². The van der Waals surface area contributed by atoms with Crippen molar-refractivity contribution >= 4 is 10.0 Å². The van der Waals surface area contributed by atoms with Gasteiger partial charge in [0.2, 0.25) is 5.09 Å². The number of sulfonamides is 1. The first kappa shape index (κ1) is 15.2. The summed E-state index contributed by atoms with van der Waals surface area (Å²) in [5.74, 6) is 0.623. The highest BCUT2D eigenvalue weighted by atomic mass is 32.2. The molecule has 0 aliphatic carbocycles. The minimum atomic E-state index is -3.48. The van der Waals surface area contributed by atoms with Gasteiger partial charge in [0.05, 0.1) is 6.54 Å². The third kappa shape index (κ3) is 3.83. The average Bonchev–Trinajstić information content (AvgIpc) is 2.79. The van der Waals surface area contributed by atoms with Gasteiger partial charge < -0.3 is 9.73 Å². The third-order valence-corrected chi connectivity index (χ3v) is 4.46. The number of furan rings is 1. The van der Waals surface area contributed by atoms with Crippen molar-refractivity contribution in [2.24, 2.45) is 0 Å². The van der Waals surface area contributed by atoms with Crippen molar-refractivity contribution in [2.45, 2.75) is 37.8 Å². The number of nitrogens with zero attached hydrogens (tertiary/aromatic N) is 1. The second kappa shape index (κ2) is 6.92. The zero-order chi connectivity index (χ0) is 13.6. The molecule has 1 N–H and O–H groups in total. The monoisotopic (exact) mass is 274 g/mol. The van der Waals surface area contributed by atoms with E-state index in [0.717, 1.165) is 19.3 Å². The Balaban J connectivity index is 2.71. The Hall–Kier alpha value is -0.850. The first-order valence-electron chi connectivity index (χ1n) is 6.22. The molecule has 1 rings (SSSR count). The fourth-order valence-electron chi connectivity index (χ4n) is 1.62. The maximum atomic E-state index is 12.2. The van der Waals surface area contributed by atoms with Crippen molar-refractivity contribution in [3.05, 3.63) is 17.9 Å². The molecule has 1 aromatic heterocycles. The first-order valence-corrected chi connectivity index (χ1v) is 7.66. The number of nitrogens with one attached hydrogen (secondary N) is 1. The van der Waals surface area contributed by atoms with Crippen LogP contribution in [0.1, 0.15) is 31.9 Å². The lowest BCUT2D eigenvalue weighted by molar-refractivity contribution is 0.381. The second-order valence-corrected chi connectivity index (χ2v) is 6.26. The maximum absolute atomic E-state index is 12.2. The van der Waals surface area contributed by atoms with Gasteiger partial charge in [-0.3, -0.25) is 0 Å². The molecule has 0 aromatic carbocycles. The lowest BCUT2D eigenvalue weighted by Gasteiger charge is -2.14. The highest BCUT2D eigenvalue weighted by molar-refractivity contribution is 7.89. The predicted octanol–water partition coefficient (Wildman–Crippen LogP) is 1.81. The molecule has 6 heteroatoms. The largest absolute Gasteiger partial charge is 0.447 e. The van der Waals surface area contributed by atoms with E-state index in [0.29, 0.717) is 18.8 Å². The molecular weight excluding hydrogens is 252 g/mol. The molecule has 0 aliphatic heterocycles. The molecule has 0 unspecified atom stereocenters. The van der Waals surface area contributed by atoms with Crippen LogP contribution in [0.5, 0.6) is 0 Å². The molecule has 0 saturated carbocycles. The van der Waals surface area contributed by atoms with Crippen LogP contribution in [0.3, 0.4) is 0 Å². The van der Waals surface area contributed by atoms with Gasteiger partial charge in [0.15, 0.2) is 0 Å². The number of unbranched alkanes of at least 4 members (excludes halogenated alkanes) is 2. The Morgan fingerprint density at radius 3 is 2.67 bits per heavy atom. The molecule has 0 radical (unpaired) electrons. The van der Waals surface area contributed by atoms with Crippen molar-refractivity contribution in [2.75, 3.05) is 20.6 Å². The SMILES string of the molecule is CCCCCN(C)S(=O)(=O)c1ccc(CNC)o1. The summed E-state index contributed by atoms with van der Waals surface area (Å²) in [6.45, 7) is 3.14. The van der Waals surface area contributed by atoms with Crippen LogP contribution in [0.4, 0.5) is 0 Å². The predicted molar refractivity (Wildman–Crippen MR) is 70.8 cm³/mol. The van der Waals surface area contributed by atoms with Gasteiger partial charge in [0.25, 0.3) is 10.0 Å². The van der Waals surface area contributed by atoms with E-state index >= 15 is 0 Å². The van der Waals surface area contributed by atoms with E-state index in [1.54, 1.807) is 20.2 Å². The fraction of sp³-hybridized carbons (Fsp3) is 0.667. The van der Waals surface area contributed by atoms with Crippen LogP contribution >= 0.6 is 0 Å². The molecule has 1 aromatic rings. The lowest BCUT2D eigenvalue weighted by atomic mass is 10.2. The fourth-order valence-corrected chi connectivity index (χ4v) is 2.75. The quantitative estimate of drug-likeness (QED) is 0.734. The van der Waals surface area contributed by atoms with Gasteiger partial charge in [-0.1, -0.05) is 19.8 Å². The zero-order valence-corrected chi connectivity index (χ0v) is 12.1. The summed E-state index contributed by atoms with van der Waals surface area (Å²) in [7, 11) is -0.104. The molecule has 0 spiro atoms. The first-order chi connectivity index (χ1) is 8.52. The van der Waals surface area contributed by atoms with Crippen molar-refractivity contribution in [3.63, 3.8) is 0 Å². The van der Waals surface area contributed by atoms with Crippen LogP contribution in [-0.4, -0.2) is 33.4 Å². The summed E-state index contributed by atoms with van der Waals surface area (Å²) in [5, 5.41) is 2.94. The van der Waals surface area contributed by atoms with E-state index in [4.69, 9.17) is 4.42 Å². The minimum Gasteiger partial charge on any atom is -0.447 e. The standard InChI is InChI=1S/C12H22N2O3S/c1-4-5-6-9-14(3)18(15,16)12-8-7-11(17-12)10-13-2/h7-8,13H,4-6,9-10H2,1-3H3. The van der Waals surface area contributed by atoms with E-state index in [1.165, 1.54) is 10.4 Å². The molecule has 0 amide bonds. The van der Waals surface area contributed by atoms with Crippen molar-refractivity contribution in [1.82, 2.24) is 9.62 Å². The summed E-state index contributed by atoms with van der Waals surface area (Å²) in [6, 6.07) is 3.20. The summed E-state index contributed by atoms with van der Waals surface area (Å²) in [5.41, 5.74) is 0. The second-order valence-electron chi connectivity index (χ2n) is 4.28. The maximum Gasteiger partial charge on any atom is 0.276 e. The summed E-state index contributed by atoms with van der Waals surface area (Å²) in [6.07, 6.45) is 2.97. The number of hydrogen-bond donors (Lipinski definition) is 1. The van der Waals surface area contributed by atoms with Gasteiger partial charge >= 0.3 is 0 Å². The van der Waals surface area contributed by atoms with Crippen LogP contribution in [0.25, 0.3) is 0 Å². The highest BCUT2D eigenvalue weighted by Gasteiger charge is 2.23. The number of hydrogen-bond acceptors (Lipinski definition) is 4. The van der Waals surface area contributed by atoms with E-state index < -0.39 is 10.0 Å². The van der Waals surface area contributed by atoms with Gasteiger partial charge in [-0.25, -0.2) is 8.42 Å². The van der Waals surface area contributed by atoms with Gasteiger partial charge in [-0.2, -0.15) is 4.31 Å². The smallest absolute Gasteiger partial charge is 0.276 e. The Morgan fingerprint density at radius 1 is 1.33 bits per heavy atom. The molecule has 0 fully saturated rings. The molecule has 5 nitrogen and oxygen atoms in total. The van der Waals surface area contributed by atoms with Crippen molar-refractivity contribution < 1.29 is 12.8 Å². The minimum absolute atomic E-state index is 0.0201. The van der Waals surface area contributed by atoms with Crippen molar-refractivity contribution in [1.29, 1.82) is 0 Å². The Labute approximate surface area is 109 Å². The molecule has 0 saturated heterocycles. The van der Waals surface area contributed by atoms with Crippen LogP contribution in [0.15, 0.2) is 21.6 Å². The van der Waals surface area contributed by atoms with E-state index in [2.05, 4.69) is 12.2 Å². The van der Waals surface area contributed by atoms with Crippen LogP contribution < -0.4 is 5.32 Å². The normalized spacial score (nSPS) is 12.2. The summed E-state index contributed by atoms with van der Waals surface area (Å²) >= 11 is 0. The molecular formula is C12H22N2O3S. The average molecular weight is 274 g/mol. The Bertz CT molecular complexity index is 454. The molecule has 0 bridgehead atoms. The van der Waals surface area contributed by atoms with Crippen LogP contribution in [-0.2, 0) is 16.6 Å². The highest BCUT2D eigenvalue weighted by Crippen LogP contribution is 2.18. The molecule has 18 heavy (non-hydrogen) atoms. The molecule has 104 valence electrons. The Kier molecular flexibility index (Phi) is 5.84. The molecule has 1 heterocycles. The molecule has 0 atom stereocenters.